The van der Waals surface area contributed by atoms with Crippen LogP contribution in [-0.2, 0) is 24.2 Å². The van der Waals surface area contributed by atoms with Gasteiger partial charge < -0.3 is 19.1 Å². The van der Waals surface area contributed by atoms with Crippen molar-refractivity contribution in [1.29, 1.82) is 0 Å². The van der Waals surface area contributed by atoms with Crippen molar-refractivity contribution in [3.05, 3.63) is 35.7 Å². The van der Waals surface area contributed by atoms with Crippen LogP contribution in [0, 0.1) is 0 Å². The van der Waals surface area contributed by atoms with Gasteiger partial charge in [-0.2, -0.15) is 4.98 Å². The third-order valence-electron chi connectivity index (χ3n) is 3.00. The van der Waals surface area contributed by atoms with Gasteiger partial charge in [-0.1, -0.05) is 12.1 Å². The van der Waals surface area contributed by atoms with E-state index in [1.54, 1.807) is 7.11 Å². The van der Waals surface area contributed by atoms with Crippen LogP contribution in [0.5, 0.6) is 0 Å². The summed E-state index contributed by atoms with van der Waals surface area (Å²) < 4.78 is 12.4. The zero-order valence-corrected chi connectivity index (χ0v) is 12.1. The fourth-order valence-electron chi connectivity index (χ4n) is 1.98. The van der Waals surface area contributed by atoms with Crippen LogP contribution in [-0.4, -0.2) is 35.0 Å². The molecule has 0 fully saturated rings. The average Bonchev–Trinajstić information content (AvgIpc) is 3.06. The molecule has 0 bridgehead atoms. The first kappa shape index (κ1) is 14.7. The summed E-state index contributed by atoms with van der Waals surface area (Å²) >= 11 is 0. The molecule has 2 heterocycles. The molecule has 6 heteroatoms. The lowest BCUT2D eigenvalue weighted by Crippen LogP contribution is -2.20. The molecule has 6 nitrogen and oxygen atoms in total. The second-order valence-corrected chi connectivity index (χ2v) is 4.65. The summed E-state index contributed by atoms with van der Waals surface area (Å²) in [7, 11) is 1.70. The van der Waals surface area contributed by atoms with Crippen molar-refractivity contribution in [1.82, 2.24) is 20.0 Å². The Labute approximate surface area is 119 Å². The summed E-state index contributed by atoms with van der Waals surface area (Å²) in [5, 5.41) is 7.30. The minimum absolute atomic E-state index is 0.616. The van der Waals surface area contributed by atoms with Crippen LogP contribution >= 0.6 is 0 Å². The Morgan fingerprint density at radius 1 is 1.45 bits per heavy atom. The summed E-state index contributed by atoms with van der Waals surface area (Å²) in [4.78, 5) is 4.39. The molecule has 20 heavy (non-hydrogen) atoms. The van der Waals surface area contributed by atoms with Gasteiger partial charge in [0.25, 0.3) is 0 Å². The van der Waals surface area contributed by atoms with Crippen LogP contribution in [0.25, 0.3) is 0 Å². The van der Waals surface area contributed by atoms with E-state index < -0.39 is 0 Å². The number of nitrogens with one attached hydrogen (secondary N) is 1. The standard InChI is InChI=1S/C14H22N4O2/c1-3-5-13-16-14(20-17-13)11-18-8-4-6-12(18)10-15-7-9-19-2/h4,6,8,15H,3,5,7,9-11H2,1-2H3. The van der Waals surface area contributed by atoms with E-state index in [1.165, 1.54) is 5.69 Å². The number of aromatic nitrogens is 3. The molecule has 0 aromatic carbocycles. The van der Waals surface area contributed by atoms with Crippen molar-refractivity contribution in [3.63, 3.8) is 0 Å². The number of methoxy groups -OCH3 is 1. The zero-order chi connectivity index (χ0) is 14.2. The molecular weight excluding hydrogens is 256 g/mol. The lowest BCUT2D eigenvalue weighted by Gasteiger charge is -2.07. The fraction of sp³-hybridized carbons (Fsp3) is 0.571. The fourth-order valence-corrected chi connectivity index (χ4v) is 1.98. The van der Waals surface area contributed by atoms with Crippen LogP contribution < -0.4 is 5.32 Å². The van der Waals surface area contributed by atoms with Crippen molar-refractivity contribution in [3.8, 4) is 0 Å². The van der Waals surface area contributed by atoms with E-state index in [0.29, 0.717) is 19.0 Å². The third-order valence-corrected chi connectivity index (χ3v) is 3.00. The average molecular weight is 278 g/mol. The molecule has 0 aliphatic heterocycles. The van der Waals surface area contributed by atoms with Crippen LogP contribution in [0.3, 0.4) is 0 Å². The number of hydrogen-bond donors (Lipinski definition) is 1. The third kappa shape index (κ3) is 4.18. The lowest BCUT2D eigenvalue weighted by atomic mass is 10.3. The molecule has 0 atom stereocenters. The molecule has 0 saturated carbocycles. The molecular formula is C14H22N4O2. The maximum Gasteiger partial charge on any atom is 0.246 e. The zero-order valence-electron chi connectivity index (χ0n) is 12.1. The normalized spacial score (nSPS) is 11.1. The van der Waals surface area contributed by atoms with Crippen molar-refractivity contribution in [2.24, 2.45) is 0 Å². The summed E-state index contributed by atoms with van der Waals surface area (Å²) in [6.07, 6.45) is 3.91. The van der Waals surface area contributed by atoms with Gasteiger partial charge in [0.05, 0.1) is 6.61 Å². The Morgan fingerprint density at radius 3 is 3.15 bits per heavy atom. The van der Waals surface area contributed by atoms with Gasteiger partial charge in [-0.25, -0.2) is 0 Å². The van der Waals surface area contributed by atoms with Gasteiger partial charge in [-0.15, -0.1) is 0 Å². The summed E-state index contributed by atoms with van der Waals surface area (Å²) in [5.41, 5.74) is 1.19. The predicted octanol–water partition coefficient (Wildman–Crippen LogP) is 1.61. The summed E-state index contributed by atoms with van der Waals surface area (Å²) in [6, 6.07) is 4.11. The van der Waals surface area contributed by atoms with Crippen molar-refractivity contribution >= 4 is 0 Å². The van der Waals surface area contributed by atoms with Gasteiger partial charge in [0.1, 0.15) is 6.54 Å². The van der Waals surface area contributed by atoms with Crippen LogP contribution in [0.15, 0.2) is 22.9 Å². The van der Waals surface area contributed by atoms with E-state index in [1.807, 2.05) is 12.3 Å². The molecule has 0 radical (unpaired) electrons. The smallest absolute Gasteiger partial charge is 0.246 e. The van der Waals surface area contributed by atoms with Crippen molar-refractivity contribution in [2.45, 2.75) is 32.9 Å². The monoisotopic (exact) mass is 278 g/mol. The van der Waals surface area contributed by atoms with Crippen LogP contribution in [0.1, 0.15) is 30.8 Å². The number of aryl methyl sites for hydroxylation is 1. The second kappa shape index (κ2) is 7.81. The minimum atomic E-state index is 0.616. The Kier molecular flexibility index (Phi) is 5.76. The SMILES string of the molecule is CCCc1noc(Cn2cccc2CNCCOC)n1. The molecule has 0 unspecified atom stereocenters. The van der Waals surface area contributed by atoms with E-state index in [0.717, 1.165) is 31.8 Å². The lowest BCUT2D eigenvalue weighted by molar-refractivity contribution is 0.199. The number of rotatable bonds is 9. The molecule has 2 aromatic heterocycles. The maximum absolute atomic E-state index is 5.27. The first-order valence-corrected chi connectivity index (χ1v) is 6.98. The molecule has 1 N–H and O–H groups in total. The molecule has 0 spiro atoms. The van der Waals surface area contributed by atoms with Gasteiger partial charge in [0.15, 0.2) is 5.82 Å². The second-order valence-electron chi connectivity index (χ2n) is 4.65. The summed E-state index contributed by atoms with van der Waals surface area (Å²) in [5.74, 6) is 1.44. The van der Waals surface area contributed by atoms with Crippen molar-refractivity contribution < 1.29 is 9.26 Å². The van der Waals surface area contributed by atoms with E-state index in [-0.39, 0.29) is 0 Å². The van der Waals surface area contributed by atoms with E-state index >= 15 is 0 Å². The molecule has 0 aliphatic carbocycles. The Bertz CT molecular complexity index is 507. The highest BCUT2D eigenvalue weighted by molar-refractivity contribution is 5.08. The molecule has 110 valence electrons. The van der Waals surface area contributed by atoms with Gasteiger partial charge in [-0.05, 0) is 18.6 Å². The highest BCUT2D eigenvalue weighted by Crippen LogP contribution is 2.07. The van der Waals surface area contributed by atoms with Crippen LogP contribution in [0.2, 0.25) is 0 Å². The first-order chi connectivity index (χ1) is 9.83. The number of hydrogen-bond acceptors (Lipinski definition) is 5. The van der Waals surface area contributed by atoms with E-state index in [2.05, 4.69) is 33.0 Å². The molecule has 0 saturated heterocycles. The minimum Gasteiger partial charge on any atom is -0.383 e. The topological polar surface area (TPSA) is 65.1 Å². The molecule has 0 aliphatic rings. The first-order valence-electron chi connectivity index (χ1n) is 6.98. The highest BCUT2D eigenvalue weighted by atomic mass is 16.5. The molecule has 2 rings (SSSR count). The van der Waals surface area contributed by atoms with E-state index in [9.17, 15) is 0 Å². The van der Waals surface area contributed by atoms with Gasteiger partial charge in [-0.3, -0.25) is 0 Å². The predicted molar refractivity (Wildman–Crippen MR) is 75.4 cm³/mol. The quantitative estimate of drug-likeness (QED) is 0.706. The largest absolute Gasteiger partial charge is 0.383 e. The highest BCUT2D eigenvalue weighted by Gasteiger charge is 2.08. The van der Waals surface area contributed by atoms with E-state index in [4.69, 9.17) is 9.26 Å². The number of ether oxygens (including phenoxy) is 1. The van der Waals surface area contributed by atoms with Crippen LogP contribution in [0.4, 0.5) is 0 Å². The Morgan fingerprint density at radius 2 is 2.35 bits per heavy atom. The van der Waals surface area contributed by atoms with Gasteiger partial charge >= 0.3 is 0 Å². The molecule has 0 amide bonds. The molecule has 2 aromatic rings. The van der Waals surface area contributed by atoms with Gasteiger partial charge in [0, 0.05) is 38.5 Å². The summed E-state index contributed by atoms with van der Waals surface area (Å²) in [6.45, 7) is 5.07. The number of nitrogens with zero attached hydrogens (tertiary/aromatic N) is 3. The van der Waals surface area contributed by atoms with Crippen molar-refractivity contribution in [2.75, 3.05) is 20.3 Å². The maximum atomic E-state index is 5.27. The Hall–Kier alpha value is -1.66. The van der Waals surface area contributed by atoms with Gasteiger partial charge in [0.2, 0.25) is 5.89 Å². The Balaban J connectivity index is 1.90.